The minimum Gasteiger partial charge on any atom is -0.396 e. The first-order valence-corrected chi connectivity index (χ1v) is 12.2. The van der Waals surface area contributed by atoms with Gasteiger partial charge in [-0.2, -0.15) is 0 Å². The Bertz CT molecular complexity index is 739. The van der Waals surface area contributed by atoms with Crippen LogP contribution in [0.3, 0.4) is 0 Å². The minimum absolute atomic E-state index is 0.158. The lowest BCUT2D eigenvalue weighted by atomic mass is 9.50. The number of hydrogen-bond donors (Lipinski definition) is 1. The highest BCUT2D eigenvalue weighted by molar-refractivity contribution is 5.38. The summed E-state index contributed by atoms with van der Waals surface area (Å²) in [5.41, 5.74) is 5.51. The van der Waals surface area contributed by atoms with Crippen molar-refractivity contribution in [2.75, 3.05) is 6.61 Å². The molecule has 4 aliphatic rings. The molecule has 1 nitrogen and oxygen atoms in total. The van der Waals surface area contributed by atoms with Crippen LogP contribution in [0.25, 0.3) is 0 Å². The number of fused-ring (bicyclic) bond motifs is 5. The molecule has 1 heteroatoms. The molecule has 0 amide bonds. The van der Waals surface area contributed by atoms with Gasteiger partial charge in [0.25, 0.3) is 0 Å². The standard InChI is InChI=1S/C28H42O/c1-19(21(3)18-29)9-10-20(2)24-13-14-25-23-12-11-22-8-6-7-16-27(22,4)26(23)15-17-28(24,25)5/h9-12,20-21,24-26,29H,1,6-8,13-18H2,2-5H3/t20-,21?,24-,25+,26+,27+,28-/m1/s1. The van der Waals surface area contributed by atoms with E-state index < -0.39 is 0 Å². The molecule has 3 fully saturated rings. The number of rotatable bonds is 5. The van der Waals surface area contributed by atoms with E-state index in [0.717, 1.165) is 23.3 Å². The van der Waals surface area contributed by atoms with E-state index >= 15 is 0 Å². The summed E-state index contributed by atoms with van der Waals surface area (Å²) in [7, 11) is 0. The first-order chi connectivity index (χ1) is 13.8. The van der Waals surface area contributed by atoms with Crippen molar-refractivity contribution in [2.24, 2.45) is 40.4 Å². The molecule has 4 aliphatic carbocycles. The molecule has 0 bridgehead atoms. The van der Waals surface area contributed by atoms with Gasteiger partial charge in [0.15, 0.2) is 0 Å². The third-order valence-electron chi connectivity index (χ3n) is 9.71. The molecule has 3 saturated carbocycles. The summed E-state index contributed by atoms with van der Waals surface area (Å²) in [6.07, 6.45) is 20.7. The molecule has 0 aromatic rings. The fourth-order valence-corrected chi connectivity index (χ4v) is 7.63. The van der Waals surface area contributed by atoms with E-state index in [-0.39, 0.29) is 12.5 Å². The van der Waals surface area contributed by atoms with Crippen LogP contribution in [0.4, 0.5) is 0 Å². The molecule has 0 heterocycles. The van der Waals surface area contributed by atoms with Gasteiger partial charge in [-0.25, -0.2) is 0 Å². The van der Waals surface area contributed by atoms with Crippen molar-refractivity contribution in [3.63, 3.8) is 0 Å². The SMILES string of the molecule is C=C(C=C[C@@H](C)[C@H]1CC[C@H]2C3=CC=C4CCCC[C@]4(C)[C@H]3CC[C@]12C)C(C)CO. The Labute approximate surface area is 179 Å². The highest BCUT2D eigenvalue weighted by Crippen LogP contribution is 2.65. The largest absolute Gasteiger partial charge is 0.396 e. The maximum atomic E-state index is 9.38. The normalized spacial score (nSPS) is 41.1. The lowest BCUT2D eigenvalue weighted by molar-refractivity contribution is 0.0576. The third kappa shape index (κ3) is 3.42. The molecular formula is C28H42O. The highest BCUT2D eigenvalue weighted by Gasteiger charge is 2.56. The lowest BCUT2D eigenvalue weighted by Gasteiger charge is -2.54. The van der Waals surface area contributed by atoms with Gasteiger partial charge in [0.1, 0.15) is 0 Å². The van der Waals surface area contributed by atoms with E-state index in [1.54, 1.807) is 5.57 Å². The van der Waals surface area contributed by atoms with Crippen molar-refractivity contribution < 1.29 is 5.11 Å². The molecule has 0 aromatic heterocycles. The van der Waals surface area contributed by atoms with Gasteiger partial charge in [-0.1, -0.05) is 81.7 Å². The average Bonchev–Trinajstić information content (AvgIpc) is 3.08. The number of allylic oxidation sites excluding steroid dienone is 6. The predicted octanol–water partition coefficient (Wildman–Crippen LogP) is 7.25. The zero-order chi connectivity index (χ0) is 20.8. The van der Waals surface area contributed by atoms with E-state index in [4.69, 9.17) is 0 Å². The van der Waals surface area contributed by atoms with Crippen LogP contribution >= 0.6 is 0 Å². The highest BCUT2D eigenvalue weighted by atomic mass is 16.3. The number of hydrogen-bond acceptors (Lipinski definition) is 1. The Hall–Kier alpha value is -1.08. The van der Waals surface area contributed by atoms with Gasteiger partial charge in [0.05, 0.1) is 0 Å². The molecule has 160 valence electrons. The summed E-state index contributed by atoms with van der Waals surface area (Å²) in [4.78, 5) is 0. The van der Waals surface area contributed by atoms with Gasteiger partial charge in [-0.3, -0.25) is 0 Å². The predicted molar refractivity (Wildman–Crippen MR) is 123 cm³/mol. The molecule has 0 spiro atoms. The van der Waals surface area contributed by atoms with Crippen LogP contribution in [0.15, 0.2) is 47.6 Å². The van der Waals surface area contributed by atoms with Crippen LogP contribution in [0, 0.1) is 40.4 Å². The van der Waals surface area contributed by atoms with Crippen molar-refractivity contribution in [1.82, 2.24) is 0 Å². The van der Waals surface area contributed by atoms with E-state index in [0.29, 0.717) is 16.7 Å². The van der Waals surface area contributed by atoms with Gasteiger partial charge in [-0.05, 0) is 79.4 Å². The fraction of sp³-hybridized carbons (Fsp3) is 0.714. The monoisotopic (exact) mass is 394 g/mol. The van der Waals surface area contributed by atoms with Crippen LogP contribution in [-0.4, -0.2) is 11.7 Å². The van der Waals surface area contributed by atoms with Crippen LogP contribution in [0.1, 0.15) is 79.1 Å². The number of aliphatic hydroxyl groups excluding tert-OH is 1. The summed E-state index contributed by atoms with van der Waals surface area (Å²) >= 11 is 0. The van der Waals surface area contributed by atoms with Gasteiger partial charge in [-0.15, -0.1) is 0 Å². The summed E-state index contributed by atoms with van der Waals surface area (Å²) in [5, 5.41) is 9.38. The molecule has 1 unspecified atom stereocenters. The van der Waals surface area contributed by atoms with Crippen LogP contribution < -0.4 is 0 Å². The minimum atomic E-state index is 0.158. The van der Waals surface area contributed by atoms with Crippen molar-refractivity contribution >= 4 is 0 Å². The molecule has 0 aliphatic heterocycles. The molecule has 0 saturated heterocycles. The van der Waals surface area contributed by atoms with Crippen molar-refractivity contribution in [3.8, 4) is 0 Å². The molecule has 0 aromatic carbocycles. The topological polar surface area (TPSA) is 20.2 Å². The summed E-state index contributed by atoms with van der Waals surface area (Å²) < 4.78 is 0. The van der Waals surface area contributed by atoms with E-state index in [1.807, 2.05) is 5.57 Å². The zero-order valence-electron chi connectivity index (χ0n) is 19.2. The van der Waals surface area contributed by atoms with Gasteiger partial charge >= 0.3 is 0 Å². The second kappa shape index (κ2) is 7.88. The quantitative estimate of drug-likeness (QED) is 0.487. The Kier molecular flexibility index (Phi) is 5.75. The van der Waals surface area contributed by atoms with Gasteiger partial charge < -0.3 is 5.11 Å². The van der Waals surface area contributed by atoms with E-state index in [1.165, 1.54) is 51.4 Å². The Balaban J connectivity index is 1.55. The van der Waals surface area contributed by atoms with Crippen LogP contribution in [-0.2, 0) is 0 Å². The lowest BCUT2D eigenvalue weighted by Crippen LogP contribution is -2.45. The fourth-order valence-electron chi connectivity index (χ4n) is 7.63. The maximum Gasteiger partial charge on any atom is 0.0496 e. The van der Waals surface area contributed by atoms with Gasteiger partial charge in [0.2, 0.25) is 0 Å². The maximum absolute atomic E-state index is 9.38. The van der Waals surface area contributed by atoms with Crippen molar-refractivity contribution in [1.29, 1.82) is 0 Å². The smallest absolute Gasteiger partial charge is 0.0496 e. The van der Waals surface area contributed by atoms with Crippen molar-refractivity contribution in [3.05, 3.63) is 47.6 Å². The number of aliphatic hydroxyl groups is 1. The third-order valence-corrected chi connectivity index (χ3v) is 9.71. The van der Waals surface area contributed by atoms with Crippen LogP contribution in [0.5, 0.6) is 0 Å². The van der Waals surface area contributed by atoms with E-state index in [9.17, 15) is 5.11 Å². The molecule has 0 radical (unpaired) electrons. The Morgan fingerprint density at radius 2 is 1.93 bits per heavy atom. The molecule has 1 N–H and O–H groups in total. The molecule has 29 heavy (non-hydrogen) atoms. The van der Waals surface area contributed by atoms with Crippen LogP contribution in [0.2, 0.25) is 0 Å². The van der Waals surface area contributed by atoms with Crippen molar-refractivity contribution in [2.45, 2.75) is 79.1 Å². The summed E-state index contributed by atoms with van der Waals surface area (Å²) in [6.45, 7) is 14.0. The molecule has 4 rings (SSSR count). The average molecular weight is 395 g/mol. The van der Waals surface area contributed by atoms with E-state index in [2.05, 4.69) is 58.6 Å². The van der Waals surface area contributed by atoms with Gasteiger partial charge in [0, 0.05) is 12.5 Å². The Morgan fingerprint density at radius 3 is 2.69 bits per heavy atom. The molecular weight excluding hydrogens is 352 g/mol. The zero-order valence-corrected chi connectivity index (χ0v) is 19.2. The summed E-state index contributed by atoms with van der Waals surface area (Å²) in [6, 6.07) is 0. The summed E-state index contributed by atoms with van der Waals surface area (Å²) in [5.74, 6) is 3.07. The molecule has 7 atom stereocenters. The Morgan fingerprint density at radius 1 is 1.14 bits per heavy atom. The first kappa shape index (κ1) is 21.2. The second-order valence-corrected chi connectivity index (χ2v) is 11.2. The first-order valence-electron chi connectivity index (χ1n) is 12.2. The second-order valence-electron chi connectivity index (χ2n) is 11.2.